The lowest BCUT2D eigenvalue weighted by Gasteiger charge is -2.19. The van der Waals surface area contributed by atoms with E-state index in [2.05, 4.69) is 56.4 Å². The number of nitrogens with zero attached hydrogens (tertiary/aromatic N) is 5. The third-order valence-electron chi connectivity index (χ3n) is 5.17. The molecule has 1 atom stereocenters. The van der Waals surface area contributed by atoms with Gasteiger partial charge in [0.1, 0.15) is 5.01 Å². The summed E-state index contributed by atoms with van der Waals surface area (Å²) < 4.78 is 2.15. The largest absolute Gasteiger partial charge is 0.300 e. The van der Waals surface area contributed by atoms with Gasteiger partial charge in [-0.2, -0.15) is 0 Å². The van der Waals surface area contributed by atoms with E-state index in [1.54, 1.807) is 0 Å². The van der Waals surface area contributed by atoms with E-state index in [1.807, 2.05) is 18.3 Å². The zero-order valence-electron chi connectivity index (χ0n) is 17.6. The zero-order chi connectivity index (χ0) is 21.3. The maximum atomic E-state index is 12.4. The van der Waals surface area contributed by atoms with Crippen LogP contribution in [0.4, 0.5) is 5.13 Å². The van der Waals surface area contributed by atoms with Crippen LogP contribution in [0.2, 0.25) is 0 Å². The number of anilines is 1. The highest BCUT2D eigenvalue weighted by Crippen LogP contribution is 2.39. The van der Waals surface area contributed by atoms with E-state index < -0.39 is 0 Å². The third-order valence-corrected chi connectivity index (χ3v) is 8.15. The minimum Gasteiger partial charge on any atom is -0.300 e. The van der Waals surface area contributed by atoms with Crippen LogP contribution in [0, 0.1) is 5.92 Å². The summed E-state index contributed by atoms with van der Waals surface area (Å²) >= 11 is 4.66. The number of aromatic nitrogens is 5. The summed E-state index contributed by atoms with van der Waals surface area (Å²) in [7, 11) is 0. The molecular weight excluding hydrogens is 436 g/mol. The van der Waals surface area contributed by atoms with Crippen molar-refractivity contribution in [3.8, 4) is 11.4 Å². The first-order valence-electron chi connectivity index (χ1n) is 10.3. The number of thioether (sulfide) groups is 1. The number of nitrogens with one attached hydrogen (secondary N) is 1. The number of amides is 1. The Morgan fingerprint density at radius 1 is 1.33 bits per heavy atom. The molecule has 0 bridgehead atoms. The van der Waals surface area contributed by atoms with Gasteiger partial charge in [0.25, 0.3) is 0 Å². The van der Waals surface area contributed by atoms with Crippen LogP contribution in [0.15, 0.2) is 10.5 Å². The normalized spacial score (nSPS) is 16.1. The molecule has 3 aromatic heterocycles. The Kier molecular flexibility index (Phi) is 6.54. The lowest BCUT2D eigenvalue weighted by atomic mass is 9.88. The van der Waals surface area contributed by atoms with Gasteiger partial charge in [-0.05, 0) is 51.0 Å². The summed E-state index contributed by atoms with van der Waals surface area (Å²) in [6, 6.07) is 0.203. The Labute approximate surface area is 188 Å². The Balaban J connectivity index is 1.50. The number of carbonyl (C=O) groups is 1. The molecule has 1 N–H and O–H groups in total. The topological polar surface area (TPSA) is 85.6 Å². The quantitative estimate of drug-likeness (QED) is 0.505. The number of hydrogen-bond donors (Lipinski definition) is 1. The molecule has 1 unspecified atom stereocenters. The van der Waals surface area contributed by atoms with Gasteiger partial charge >= 0.3 is 0 Å². The van der Waals surface area contributed by atoms with E-state index in [-0.39, 0.29) is 17.7 Å². The Bertz CT molecular complexity index is 1040. The van der Waals surface area contributed by atoms with Gasteiger partial charge in [-0.1, -0.05) is 36.9 Å². The molecule has 3 aromatic rings. The number of hydrogen-bond acceptors (Lipinski definition) is 8. The van der Waals surface area contributed by atoms with Crippen LogP contribution in [0.1, 0.15) is 55.6 Å². The molecule has 0 aromatic carbocycles. The second-order valence-electron chi connectivity index (χ2n) is 7.86. The fourth-order valence-corrected chi connectivity index (χ4v) is 6.43. The van der Waals surface area contributed by atoms with Crippen molar-refractivity contribution in [1.29, 1.82) is 0 Å². The molecule has 7 nitrogen and oxygen atoms in total. The maximum absolute atomic E-state index is 12.4. The monoisotopic (exact) mass is 462 g/mol. The SMILES string of the molecule is CCc1nnc(NC(=O)CSc2nnc(-c3csc4c3CCC(C)C4)n2C(C)C)s1. The van der Waals surface area contributed by atoms with Crippen LogP contribution in [-0.2, 0) is 24.1 Å². The molecule has 0 aliphatic heterocycles. The fraction of sp³-hybridized carbons (Fsp3) is 0.550. The van der Waals surface area contributed by atoms with Crippen molar-refractivity contribution in [2.24, 2.45) is 5.92 Å². The molecule has 0 fully saturated rings. The predicted octanol–water partition coefficient (Wildman–Crippen LogP) is 4.86. The van der Waals surface area contributed by atoms with Crippen molar-refractivity contribution >= 4 is 45.5 Å². The van der Waals surface area contributed by atoms with E-state index >= 15 is 0 Å². The number of fused-ring (bicyclic) bond motifs is 1. The molecule has 4 rings (SSSR count). The molecule has 1 aliphatic rings. The Morgan fingerprint density at radius 2 is 2.17 bits per heavy atom. The Hall–Kier alpha value is -1.78. The van der Waals surface area contributed by atoms with Crippen LogP contribution in [0.5, 0.6) is 0 Å². The number of carbonyl (C=O) groups excluding carboxylic acids is 1. The first kappa shape index (κ1) is 21.5. The molecule has 30 heavy (non-hydrogen) atoms. The van der Waals surface area contributed by atoms with Crippen molar-refractivity contribution in [2.45, 2.75) is 64.6 Å². The summed E-state index contributed by atoms with van der Waals surface area (Å²) in [5, 5.41) is 24.3. The lowest BCUT2D eigenvalue weighted by Crippen LogP contribution is -2.15. The van der Waals surface area contributed by atoms with Crippen molar-refractivity contribution in [3.05, 3.63) is 20.8 Å². The molecule has 0 spiro atoms. The van der Waals surface area contributed by atoms with E-state index in [0.717, 1.165) is 41.2 Å². The van der Waals surface area contributed by atoms with Crippen molar-refractivity contribution in [2.75, 3.05) is 11.1 Å². The first-order chi connectivity index (χ1) is 14.5. The van der Waals surface area contributed by atoms with Crippen molar-refractivity contribution in [3.63, 3.8) is 0 Å². The molecule has 3 heterocycles. The highest BCUT2D eigenvalue weighted by molar-refractivity contribution is 7.99. The molecule has 1 amide bonds. The van der Waals surface area contributed by atoms with Crippen LogP contribution >= 0.6 is 34.4 Å². The van der Waals surface area contributed by atoms with E-state index in [9.17, 15) is 4.79 Å². The van der Waals surface area contributed by atoms with Gasteiger partial charge in [0, 0.05) is 21.9 Å². The van der Waals surface area contributed by atoms with Crippen LogP contribution < -0.4 is 5.32 Å². The van der Waals surface area contributed by atoms with Gasteiger partial charge < -0.3 is 0 Å². The fourth-order valence-electron chi connectivity index (χ4n) is 3.62. The van der Waals surface area contributed by atoms with Gasteiger partial charge in [-0.25, -0.2) is 0 Å². The third kappa shape index (κ3) is 4.45. The number of aryl methyl sites for hydroxylation is 1. The van der Waals surface area contributed by atoms with Crippen LogP contribution in [0.3, 0.4) is 0 Å². The lowest BCUT2D eigenvalue weighted by molar-refractivity contribution is -0.113. The molecule has 0 saturated carbocycles. The molecule has 0 saturated heterocycles. The average Bonchev–Trinajstić information content (AvgIpc) is 3.43. The highest BCUT2D eigenvalue weighted by atomic mass is 32.2. The van der Waals surface area contributed by atoms with Gasteiger partial charge in [0.05, 0.1) is 5.75 Å². The first-order valence-corrected chi connectivity index (χ1v) is 12.9. The molecular formula is C20H26N6OS3. The van der Waals surface area contributed by atoms with Gasteiger partial charge in [0.2, 0.25) is 11.0 Å². The summed E-state index contributed by atoms with van der Waals surface area (Å²) in [5.41, 5.74) is 2.64. The molecule has 0 radical (unpaired) electrons. The summed E-state index contributed by atoms with van der Waals surface area (Å²) in [4.78, 5) is 13.9. The minimum atomic E-state index is -0.111. The van der Waals surface area contributed by atoms with Crippen LogP contribution in [-0.4, -0.2) is 36.6 Å². The molecule has 160 valence electrons. The number of thiophene rings is 1. The average molecular weight is 463 g/mol. The van der Waals surface area contributed by atoms with Crippen molar-refractivity contribution < 1.29 is 4.79 Å². The molecule has 10 heteroatoms. The maximum Gasteiger partial charge on any atom is 0.236 e. The second-order valence-corrected chi connectivity index (χ2v) is 10.8. The van der Waals surface area contributed by atoms with E-state index in [1.165, 1.54) is 45.5 Å². The second kappa shape index (κ2) is 9.15. The van der Waals surface area contributed by atoms with Gasteiger partial charge in [0.15, 0.2) is 11.0 Å². The summed E-state index contributed by atoms with van der Waals surface area (Å²) in [6.07, 6.45) is 4.29. The smallest absolute Gasteiger partial charge is 0.236 e. The minimum absolute atomic E-state index is 0.111. The number of rotatable bonds is 7. The Morgan fingerprint density at radius 3 is 2.90 bits per heavy atom. The predicted molar refractivity (Wildman–Crippen MR) is 124 cm³/mol. The zero-order valence-corrected chi connectivity index (χ0v) is 20.1. The van der Waals surface area contributed by atoms with Gasteiger partial charge in [-0.3, -0.25) is 14.7 Å². The standard InChI is InChI=1S/C20H26N6OS3/c1-5-17-22-24-19(30-17)21-16(27)10-29-20-25-23-18(26(20)11(2)3)14-9-28-15-8-12(4)6-7-13(14)15/h9,11-12H,5-8,10H2,1-4H3,(H,21,24,27). The van der Waals surface area contributed by atoms with E-state index in [0.29, 0.717) is 5.13 Å². The van der Waals surface area contributed by atoms with E-state index in [4.69, 9.17) is 0 Å². The highest BCUT2D eigenvalue weighted by Gasteiger charge is 2.25. The van der Waals surface area contributed by atoms with Crippen LogP contribution in [0.25, 0.3) is 11.4 Å². The summed E-state index contributed by atoms with van der Waals surface area (Å²) in [6.45, 7) is 8.60. The van der Waals surface area contributed by atoms with Gasteiger partial charge in [-0.15, -0.1) is 31.7 Å². The van der Waals surface area contributed by atoms with Crippen molar-refractivity contribution in [1.82, 2.24) is 25.0 Å². The summed E-state index contributed by atoms with van der Waals surface area (Å²) in [5.74, 6) is 1.81. The molecule has 1 aliphatic carbocycles.